The Bertz CT molecular complexity index is 827. The molecule has 0 spiro atoms. The van der Waals surface area contributed by atoms with Gasteiger partial charge in [-0.1, -0.05) is 78.9 Å². The van der Waals surface area contributed by atoms with Gasteiger partial charge < -0.3 is 5.32 Å². The van der Waals surface area contributed by atoms with Crippen LogP contribution in [0.3, 0.4) is 0 Å². The number of halogens is 3. The number of thioether (sulfide) groups is 1. The van der Waals surface area contributed by atoms with Gasteiger partial charge in [-0.15, -0.1) is 11.8 Å². The number of hydrogen-bond donors (Lipinski definition) is 1. The maximum Gasteiger partial charge on any atom is 0.416 e. The lowest BCUT2D eigenvalue weighted by Gasteiger charge is -2.18. The maximum absolute atomic E-state index is 13.1. The second kappa shape index (κ2) is 10.5. The molecule has 0 saturated heterocycles. The molecule has 0 atom stereocenters. The largest absolute Gasteiger partial charge is 0.416 e. The third-order valence-electron chi connectivity index (χ3n) is 4.66. The van der Waals surface area contributed by atoms with Crippen LogP contribution < -0.4 is 5.32 Å². The minimum Gasteiger partial charge on any atom is -0.316 e. The molecule has 0 saturated carbocycles. The summed E-state index contributed by atoms with van der Waals surface area (Å²) in [6.07, 6.45) is -3.94. The van der Waals surface area contributed by atoms with Crippen LogP contribution in [0.2, 0.25) is 0 Å². The molecule has 0 aliphatic heterocycles. The minimum atomic E-state index is -4.30. The average molecular weight is 416 g/mol. The summed E-state index contributed by atoms with van der Waals surface area (Å²) in [7, 11) is 0. The Morgan fingerprint density at radius 2 is 1.28 bits per heavy atom. The van der Waals surface area contributed by atoms with Crippen molar-refractivity contribution in [1.82, 2.24) is 5.32 Å². The highest BCUT2D eigenvalue weighted by Gasteiger charge is 2.32. The molecular weight excluding hydrogens is 391 g/mol. The molecule has 29 heavy (non-hydrogen) atoms. The third-order valence-corrected chi connectivity index (χ3v) is 5.98. The number of hydrogen-bond acceptors (Lipinski definition) is 2. The van der Waals surface area contributed by atoms with Gasteiger partial charge in [-0.3, -0.25) is 0 Å². The Labute approximate surface area is 174 Å². The van der Waals surface area contributed by atoms with Crippen LogP contribution in [0.1, 0.15) is 27.5 Å². The fraction of sp³-hybridized carbons (Fsp3) is 0.250. The third kappa shape index (κ3) is 6.38. The first-order chi connectivity index (χ1) is 14.1. The molecule has 0 amide bonds. The molecule has 3 aromatic carbocycles. The van der Waals surface area contributed by atoms with Crippen molar-refractivity contribution < 1.29 is 13.2 Å². The van der Waals surface area contributed by atoms with Crippen LogP contribution >= 0.6 is 11.8 Å². The summed E-state index contributed by atoms with van der Waals surface area (Å²) in [5, 5.41) is 3.52. The molecule has 0 radical (unpaired) electrons. The quantitative estimate of drug-likeness (QED) is 0.408. The van der Waals surface area contributed by atoms with E-state index in [4.69, 9.17) is 0 Å². The summed E-state index contributed by atoms with van der Waals surface area (Å²) < 4.78 is 39.2. The molecule has 3 aromatic rings. The van der Waals surface area contributed by atoms with Crippen molar-refractivity contribution in [1.29, 1.82) is 0 Å². The Morgan fingerprint density at radius 3 is 1.86 bits per heavy atom. The first-order valence-corrected chi connectivity index (χ1v) is 10.7. The van der Waals surface area contributed by atoms with Crippen LogP contribution in [-0.4, -0.2) is 18.8 Å². The van der Waals surface area contributed by atoms with Crippen molar-refractivity contribution in [2.24, 2.45) is 0 Å². The number of rotatable bonds is 9. The standard InChI is InChI=1S/C24H24F3NS/c25-24(26,27)22-14-8-7-9-19(22)15-16-28-17-18-29-23(20-10-3-1-4-11-20)21-12-5-2-6-13-21/h1-14,23,28H,15-18H2. The average Bonchev–Trinajstić information content (AvgIpc) is 2.74. The van der Waals surface area contributed by atoms with E-state index in [0.717, 1.165) is 18.4 Å². The summed E-state index contributed by atoms with van der Waals surface area (Å²) in [4.78, 5) is 0. The summed E-state index contributed by atoms with van der Waals surface area (Å²) in [5.74, 6) is 0.870. The predicted molar refractivity (Wildman–Crippen MR) is 115 cm³/mol. The molecule has 3 rings (SSSR count). The molecule has 0 unspecified atom stereocenters. The van der Waals surface area contributed by atoms with Gasteiger partial charge in [0.1, 0.15) is 0 Å². The second-order valence-corrected chi connectivity index (χ2v) is 7.94. The van der Waals surface area contributed by atoms with Gasteiger partial charge in [0, 0.05) is 12.3 Å². The van der Waals surface area contributed by atoms with E-state index in [-0.39, 0.29) is 5.25 Å². The summed E-state index contributed by atoms with van der Waals surface area (Å²) >= 11 is 1.84. The molecule has 0 bridgehead atoms. The van der Waals surface area contributed by atoms with Gasteiger partial charge >= 0.3 is 6.18 Å². The maximum atomic E-state index is 13.1. The predicted octanol–water partition coefficient (Wildman–Crippen LogP) is 6.36. The molecule has 0 aromatic heterocycles. The van der Waals surface area contributed by atoms with E-state index >= 15 is 0 Å². The van der Waals surface area contributed by atoms with Gasteiger partial charge in [-0.05, 0) is 35.7 Å². The highest BCUT2D eigenvalue weighted by molar-refractivity contribution is 7.99. The summed E-state index contributed by atoms with van der Waals surface area (Å²) in [6, 6.07) is 26.5. The van der Waals surface area contributed by atoms with E-state index in [1.54, 1.807) is 12.1 Å². The summed E-state index contributed by atoms with van der Waals surface area (Å²) in [5.41, 5.74) is 2.31. The molecular formula is C24H24F3NS. The van der Waals surface area contributed by atoms with Crippen LogP contribution in [0.4, 0.5) is 13.2 Å². The van der Waals surface area contributed by atoms with Crippen molar-refractivity contribution in [3.8, 4) is 0 Å². The first kappa shape index (κ1) is 21.5. The molecule has 0 aliphatic carbocycles. The highest BCUT2D eigenvalue weighted by Crippen LogP contribution is 2.35. The Morgan fingerprint density at radius 1 is 0.724 bits per heavy atom. The van der Waals surface area contributed by atoms with E-state index in [9.17, 15) is 13.2 Å². The normalized spacial score (nSPS) is 11.7. The molecule has 1 N–H and O–H groups in total. The van der Waals surface area contributed by atoms with Gasteiger partial charge in [-0.25, -0.2) is 0 Å². The van der Waals surface area contributed by atoms with Gasteiger partial charge in [-0.2, -0.15) is 13.2 Å². The van der Waals surface area contributed by atoms with Crippen LogP contribution in [0.25, 0.3) is 0 Å². The van der Waals surface area contributed by atoms with Crippen molar-refractivity contribution in [3.63, 3.8) is 0 Å². The summed E-state index contributed by atoms with van der Waals surface area (Å²) in [6.45, 7) is 1.27. The lowest BCUT2D eigenvalue weighted by molar-refractivity contribution is -0.138. The smallest absolute Gasteiger partial charge is 0.316 e. The van der Waals surface area contributed by atoms with Gasteiger partial charge in [0.05, 0.1) is 10.8 Å². The Balaban J connectivity index is 1.50. The highest BCUT2D eigenvalue weighted by atomic mass is 32.2. The molecule has 0 fully saturated rings. The Kier molecular flexibility index (Phi) is 7.78. The van der Waals surface area contributed by atoms with E-state index in [0.29, 0.717) is 18.5 Å². The monoisotopic (exact) mass is 415 g/mol. The van der Waals surface area contributed by atoms with Crippen LogP contribution in [-0.2, 0) is 12.6 Å². The lowest BCUT2D eigenvalue weighted by atomic mass is 10.0. The SMILES string of the molecule is FC(F)(F)c1ccccc1CCNCCSC(c1ccccc1)c1ccccc1. The minimum absolute atomic E-state index is 0.241. The van der Waals surface area contributed by atoms with E-state index < -0.39 is 11.7 Å². The molecule has 0 heterocycles. The van der Waals surface area contributed by atoms with Crippen LogP contribution in [0.5, 0.6) is 0 Å². The van der Waals surface area contributed by atoms with E-state index in [1.807, 2.05) is 48.2 Å². The van der Waals surface area contributed by atoms with Crippen LogP contribution in [0.15, 0.2) is 84.9 Å². The lowest BCUT2D eigenvalue weighted by Crippen LogP contribution is -2.21. The number of nitrogens with one attached hydrogen (secondary N) is 1. The molecule has 5 heteroatoms. The molecule has 152 valence electrons. The van der Waals surface area contributed by atoms with Crippen LogP contribution in [0, 0.1) is 0 Å². The zero-order chi connectivity index (χ0) is 20.5. The Hall–Kier alpha value is -2.24. The molecule has 0 aliphatic rings. The number of benzene rings is 3. The van der Waals surface area contributed by atoms with E-state index in [1.165, 1.54) is 17.2 Å². The fourth-order valence-corrected chi connectivity index (χ4v) is 4.45. The van der Waals surface area contributed by atoms with Crippen molar-refractivity contribution >= 4 is 11.8 Å². The second-order valence-electron chi connectivity index (χ2n) is 6.73. The van der Waals surface area contributed by atoms with Gasteiger partial charge in [0.15, 0.2) is 0 Å². The van der Waals surface area contributed by atoms with E-state index in [2.05, 4.69) is 29.6 Å². The van der Waals surface area contributed by atoms with Gasteiger partial charge in [0.2, 0.25) is 0 Å². The first-order valence-electron chi connectivity index (χ1n) is 9.63. The van der Waals surface area contributed by atoms with Crippen molar-refractivity contribution in [2.75, 3.05) is 18.8 Å². The van der Waals surface area contributed by atoms with Crippen molar-refractivity contribution in [2.45, 2.75) is 17.8 Å². The van der Waals surface area contributed by atoms with Gasteiger partial charge in [0.25, 0.3) is 0 Å². The number of alkyl halides is 3. The molecule has 1 nitrogen and oxygen atoms in total. The zero-order valence-electron chi connectivity index (χ0n) is 16.0. The fourth-order valence-electron chi connectivity index (χ4n) is 3.25. The zero-order valence-corrected chi connectivity index (χ0v) is 16.8. The topological polar surface area (TPSA) is 12.0 Å². The van der Waals surface area contributed by atoms with Crippen molar-refractivity contribution in [3.05, 3.63) is 107 Å².